The maximum Gasteiger partial charge on any atom is 0.271 e. The van der Waals surface area contributed by atoms with Gasteiger partial charge in [0.1, 0.15) is 17.6 Å². The maximum atomic E-state index is 12.7. The molecule has 0 aromatic heterocycles. The molecule has 1 saturated heterocycles. The van der Waals surface area contributed by atoms with Crippen LogP contribution in [-0.4, -0.2) is 63.1 Å². The molecule has 3 rings (SSSR count). The molecule has 0 spiro atoms. The van der Waals surface area contributed by atoms with Gasteiger partial charge in [-0.25, -0.2) is 0 Å². The molecule has 7 heteroatoms. The first-order valence-corrected chi connectivity index (χ1v) is 9.20. The van der Waals surface area contributed by atoms with Crippen LogP contribution < -0.4 is 15.0 Å². The van der Waals surface area contributed by atoms with E-state index in [4.69, 9.17) is 9.47 Å². The summed E-state index contributed by atoms with van der Waals surface area (Å²) in [7, 11) is 3.63. The summed E-state index contributed by atoms with van der Waals surface area (Å²) in [5, 5.41) is 9.02. The monoisotopic (exact) mass is 360 g/mol. The highest BCUT2D eigenvalue weighted by Crippen LogP contribution is 2.38. The molecule has 0 saturated carbocycles. The van der Waals surface area contributed by atoms with Gasteiger partial charge in [0.05, 0.1) is 24.6 Å². The van der Waals surface area contributed by atoms with E-state index in [9.17, 15) is 4.79 Å². The summed E-state index contributed by atoms with van der Waals surface area (Å²) in [6.45, 7) is 6.95. The Bertz CT molecular complexity index is 696. The Morgan fingerprint density at radius 3 is 2.73 bits per heavy atom. The fraction of sp³-hybridized carbons (Fsp3) is 0.579. The number of amides is 1. The van der Waals surface area contributed by atoms with Crippen LogP contribution in [0.5, 0.6) is 5.75 Å². The number of hydrogen-bond donors (Lipinski definition) is 1. The van der Waals surface area contributed by atoms with Gasteiger partial charge >= 0.3 is 0 Å². The Kier molecular flexibility index (Phi) is 5.66. The smallest absolute Gasteiger partial charge is 0.271 e. The molecular weight excluding hydrogens is 332 g/mol. The summed E-state index contributed by atoms with van der Waals surface area (Å²) in [5.41, 5.74) is 3.43. The Morgan fingerprint density at radius 2 is 2.08 bits per heavy atom. The Balaban J connectivity index is 1.91. The predicted molar refractivity (Wildman–Crippen MR) is 103 cm³/mol. The van der Waals surface area contributed by atoms with Gasteiger partial charge in [0, 0.05) is 45.2 Å². The molecule has 142 valence electrons. The number of ether oxygens (including phenoxy) is 2. The average Bonchev–Trinajstić information content (AvgIpc) is 2.98. The van der Waals surface area contributed by atoms with Crippen molar-refractivity contribution in [2.75, 3.05) is 50.6 Å². The molecule has 1 unspecified atom stereocenters. The molecule has 7 nitrogen and oxygen atoms in total. The molecule has 0 radical (unpaired) electrons. The van der Waals surface area contributed by atoms with Crippen LogP contribution in [0.2, 0.25) is 0 Å². The van der Waals surface area contributed by atoms with Crippen LogP contribution in [0.15, 0.2) is 17.2 Å². The van der Waals surface area contributed by atoms with Gasteiger partial charge < -0.3 is 24.7 Å². The summed E-state index contributed by atoms with van der Waals surface area (Å²) in [6.07, 6.45) is 1.59. The molecule has 1 amide bonds. The van der Waals surface area contributed by atoms with Crippen LogP contribution >= 0.6 is 0 Å². The molecule has 2 aliphatic heterocycles. The predicted octanol–water partition coefficient (Wildman–Crippen LogP) is 2.11. The van der Waals surface area contributed by atoms with E-state index in [-0.39, 0.29) is 12.0 Å². The zero-order valence-corrected chi connectivity index (χ0v) is 16.0. The lowest BCUT2D eigenvalue weighted by Gasteiger charge is -2.31. The van der Waals surface area contributed by atoms with E-state index in [1.165, 1.54) is 0 Å². The van der Waals surface area contributed by atoms with Gasteiger partial charge in [-0.05, 0) is 19.4 Å². The van der Waals surface area contributed by atoms with E-state index in [1.54, 1.807) is 5.01 Å². The molecule has 1 N–H and O–H groups in total. The molecule has 2 heterocycles. The third-order valence-corrected chi connectivity index (χ3v) is 4.53. The van der Waals surface area contributed by atoms with Crippen LogP contribution in [0.1, 0.15) is 25.8 Å². The van der Waals surface area contributed by atoms with Crippen LogP contribution in [0.4, 0.5) is 11.4 Å². The topological polar surface area (TPSA) is 66.4 Å². The minimum atomic E-state index is -0.164. The number of hydrogen-bond acceptors (Lipinski definition) is 6. The van der Waals surface area contributed by atoms with Crippen LogP contribution in [0.3, 0.4) is 0 Å². The number of hydrazone groups is 1. The second kappa shape index (κ2) is 7.95. The fourth-order valence-corrected chi connectivity index (χ4v) is 3.33. The third kappa shape index (κ3) is 4.09. The van der Waals surface area contributed by atoms with E-state index in [0.717, 1.165) is 42.2 Å². The third-order valence-electron chi connectivity index (χ3n) is 4.53. The number of carbonyl (C=O) groups excluding carboxylic acids is 1. The summed E-state index contributed by atoms with van der Waals surface area (Å²) in [5.74, 6) is 0.747. The highest BCUT2D eigenvalue weighted by molar-refractivity contribution is 6.43. The minimum absolute atomic E-state index is 0.162. The van der Waals surface area contributed by atoms with Crippen LogP contribution in [0, 0.1) is 0 Å². The normalized spacial score (nSPS) is 19.8. The first kappa shape index (κ1) is 18.5. The quantitative estimate of drug-likeness (QED) is 0.644. The number of nitrogens with one attached hydrogen (secondary N) is 1. The number of anilines is 2. The average molecular weight is 360 g/mol. The number of carbonyl (C=O) groups is 1. The summed E-state index contributed by atoms with van der Waals surface area (Å²) < 4.78 is 11.4. The van der Waals surface area contributed by atoms with E-state index in [1.807, 2.05) is 27.1 Å². The zero-order valence-electron chi connectivity index (χ0n) is 16.0. The molecule has 1 aromatic carbocycles. The standard InChI is InChI=1S/C19H28N4O3/c1-5-15(21-22(3)4)19(24)20-16-11-14-10-13(2)26-18(14)12-17(16)23-6-8-25-9-7-23/h11-13H,5-10H2,1-4H3,(H,20,24)/b21-15+. The lowest BCUT2D eigenvalue weighted by molar-refractivity contribution is -0.110. The zero-order chi connectivity index (χ0) is 18.7. The van der Waals surface area contributed by atoms with Crippen molar-refractivity contribution in [1.29, 1.82) is 0 Å². The van der Waals surface area contributed by atoms with Crippen molar-refractivity contribution in [3.8, 4) is 5.75 Å². The van der Waals surface area contributed by atoms with E-state index in [2.05, 4.69) is 28.3 Å². The van der Waals surface area contributed by atoms with Crippen molar-refractivity contribution in [2.24, 2.45) is 5.10 Å². The lowest BCUT2D eigenvalue weighted by Crippen LogP contribution is -2.37. The number of morpholine rings is 1. The van der Waals surface area contributed by atoms with Crippen molar-refractivity contribution in [1.82, 2.24) is 5.01 Å². The molecule has 2 aliphatic rings. The van der Waals surface area contributed by atoms with Gasteiger partial charge in [-0.2, -0.15) is 5.10 Å². The fourth-order valence-electron chi connectivity index (χ4n) is 3.33. The van der Waals surface area contributed by atoms with Crippen molar-refractivity contribution < 1.29 is 14.3 Å². The van der Waals surface area contributed by atoms with Gasteiger partial charge in [0.2, 0.25) is 0 Å². The largest absolute Gasteiger partial charge is 0.490 e. The van der Waals surface area contributed by atoms with Crippen molar-refractivity contribution >= 4 is 23.0 Å². The van der Waals surface area contributed by atoms with Gasteiger partial charge in [-0.3, -0.25) is 4.79 Å². The summed E-state index contributed by atoms with van der Waals surface area (Å²) in [4.78, 5) is 15.0. The van der Waals surface area contributed by atoms with Crippen LogP contribution in [-0.2, 0) is 16.0 Å². The number of rotatable bonds is 5. The lowest BCUT2D eigenvalue weighted by atomic mass is 10.1. The van der Waals surface area contributed by atoms with Gasteiger partial charge in [0.25, 0.3) is 5.91 Å². The summed E-state index contributed by atoms with van der Waals surface area (Å²) in [6, 6.07) is 4.10. The first-order valence-electron chi connectivity index (χ1n) is 9.20. The van der Waals surface area contributed by atoms with Crippen molar-refractivity contribution in [2.45, 2.75) is 32.8 Å². The summed E-state index contributed by atoms with van der Waals surface area (Å²) >= 11 is 0. The van der Waals surface area contributed by atoms with Crippen LogP contribution in [0.25, 0.3) is 0 Å². The van der Waals surface area contributed by atoms with Crippen molar-refractivity contribution in [3.05, 3.63) is 17.7 Å². The minimum Gasteiger partial charge on any atom is -0.490 e. The second-order valence-corrected chi connectivity index (χ2v) is 6.91. The van der Waals surface area contributed by atoms with Gasteiger partial charge in [-0.1, -0.05) is 6.92 Å². The van der Waals surface area contributed by atoms with Gasteiger partial charge in [0.15, 0.2) is 0 Å². The Labute approximate surface area is 154 Å². The Morgan fingerprint density at radius 1 is 1.35 bits per heavy atom. The Hall–Kier alpha value is -2.28. The number of fused-ring (bicyclic) bond motifs is 1. The highest BCUT2D eigenvalue weighted by atomic mass is 16.5. The van der Waals surface area contributed by atoms with Crippen molar-refractivity contribution in [3.63, 3.8) is 0 Å². The molecule has 0 aliphatic carbocycles. The molecule has 26 heavy (non-hydrogen) atoms. The molecule has 1 aromatic rings. The first-order chi connectivity index (χ1) is 12.5. The maximum absolute atomic E-state index is 12.7. The molecule has 1 atom stereocenters. The van der Waals surface area contributed by atoms with E-state index in [0.29, 0.717) is 25.3 Å². The van der Waals surface area contributed by atoms with Gasteiger partial charge in [-0.15, -0.1) is 0 Å². The molecular formula is C19H28N4O3. The molecule has 1 fully saturated rings. The van der Waals surface area contributed by atoms with E-state index >= 15 is 0 Å². The number of benzene rings is 1. The SMILES string of the molecule is CC/C(=N\N(C)C)C(=O)Nc1cc2c(cc1N1CCOCC1)OC(C)C2. The molecule has 0 bridgehead atoms. The number of nitrogens with zero attached hydrogens (tertiary/aromatic N) is 3. The van der Waals surface area contributed by atoms with E-state index < -0.39 is 0 Å². The second-order valence-electron chi connectivity index (χ2n) is 6.91. The highest BCUT2D eigenvalue weighted by Gasteiger charge is 2.25.